The Labute approximate surface area is 225 Å². The van der Waals surface area contributed by atoms with Crippen LogP contribution in [0.4, 0.5) is 5.82 Å². The van der Waals surface area contributed by atoms with Crippen molar-refractivity contribution in [3.8, 4) is 5.82 Å². The average molecular weight is 520 g/mol. The molecule has 3 aromatic rings. The number of amides is 2. The van der Waals surface area contributed by atoms with Crippen LogP contribution in [0.2, 0.25) is 0 Å². The summed E-state index contributed by atoms with van der Waals surface area (Å²) in [6.45, 7) is 12.6. The van der Waals surface area contributed by atoms with E-state index in [2.05, 4.69) is 53.4 Å². The highest BCUT2D eigenvalue weighted by molar-refractivity contribution is 5.90. The predicted octanol–water partition coefficient (Wildman–Crippen LogP) is 3.62. The number of hydrogen-bond acceptors (Lipinski definition) is 6. The summed E-state index contributed by atoms with van der Waals surface area (Å²) < 4.78 is 1.99. The van der Waals surface area contributed by atoms with Crippen molar-refractivity contribution in [3.05, 3.63) is 48.2 Å². The van der Waals surface area contributed by atoms with Gasteiger partial charge in [0.25, 0.3) is 0 Å². The van der Waals surface area contributed by atoms with E-state index in [1.807, 2.05) is 52.1 Å². The summed E-state index contributed by atoms with van der Waals surface area (Å²) in [6.07, 6.45) is 4.81. The standard InChI is InChI=1S/C29H41N7O2/c1-21(2)35(22(3)4)18-15-31-28(37)19-23-20-36(25-10-6-5-9-24(23)25)27-13-12-26(32-33-27)30-14-8-17-34-16-7-11-29(34)38/h5-6,9-10,12-13,20-22H,7-8,11,14-19H2,1-4H3,(H,30,32)(H,31,37). The van der Waals surface area contributed by atoms with Crippen LogP contribution in [-0.4, -0.2) is 81.2 Å². The zero-order chi connectivity index (χ0) is 27.1. The van der Waals surface area contributed by atoms with Crippen molar-refractivity contribution in [2.45, 2.75) is 65.5 Å². The molecule has 0 spiro atoms. The van der Waals surface area contributed by atoms with E-state index >= 15 is 0 Å². The molecule has 2 amide bonds. The van der Waals surface area contributed by atoms with Crippen molar-refractivity contribution >= 4 is 28.5 Å². The van der Waals surface area contributed by atoms with Crippen molar-refractivity contribution in [3.63, 3.8) is 0 Å². The summed E-state index contributed by atoms with van der Waals surface area (Å²) in [5.74, 6) is 1.68. The van der Waals surface area contributed by atoms with Gasteiger partial charge in [0.2, 0.25) is 11.8 Å². The van der Waals surface area contributed by atoms with Crippen molar-refractivity contribution in [2.75, 3.05) is 38.0 Å². The Morgan fingerprint density at radius 1 is 1.05 bits per heavy atom. The van der Waals surface area contributed by atoms with Crippen LogP contribution in [0.3, 0.4) is 0 Å². The monoisotopic (exact) mass is 519 g/mol. The Morgan fingerprint density at radius 3 is 2.53 bits per heavy atom. The summed E-state index contributed by atoms with van der Waals surface area (Å²) in [5, 5.41) is 16.2. The molecule has 38 heavy (non-hydrogen) atoms. The van der Waals surface area contributed by atoms with E-state index in [1.165, 1.54) is 0 Å². The Kier molecular flexibility index (Phi) is 9.33. The Balaban J connectivity index is 1.36. The fourth-order valence-corrected chi connectivity index (χ4v) is 5.23. The number of nitrogens with zero attached hydrogens (tertiary/aromatic N) is 5. The van der Waals surface area contributed by atoms with Crippen LogP contribution in [0.5, 0.6) is 0 Å². The van der Waals surface area contributed by atoms with E-state index in [-0.39, 0.29) is 11.8 Å². The Morgan fingerprint density at radius 2 is 1.84 bits per heavy atom. The van der Waals surface area contributed by atoms with Crippen LogP contribution in [-0.2, 0) is 16.0 Å². The second kappa shape index (κ2) is 12.9. The van der Waals surface area contributed by atoms with E-state index in [0.717, 1.165) is 55.5 Å². The van der Waals surface area contributed by atoms with Crippen LogP contribution in [0.15, 0.2) is 42.6 Å². The van der Waals surface area contributed by atoms with Gasteiger partial charge in [-0.1, -0.05) is 18.2 Å². The molecule has 204 valence electrons. The number of rotatable bonds is 13. The quantitative estimate of drug-likeness (QED) is 0.335. The topological polar surface area (TPSA) is 95.4 Å². The zero-order valence-electron chi connectivity index (χ0n) is 23.1. The predicted molar refractivity (Wildman–Crippen MR) is 151 cm³/mol. The van der Waals surface area contributed by atoms with E-state index in [1.54, 1.807) is 0 Å². The molecular formula is C29H41N7O2. The van der Waals surface area contributed by atoms with Gasteiger partial charge in [-0.2, -0.15) is 0 Å². The first-order valence-corrected chi connectivity index (χ1v) is 13.8. The van der Waals surface area contributed by atoms with E-state index in [4.69, 9.17) is 0 Å². The lowest BCUT2D eigenvalue weighted by Gasteiger charge is -2.30. The second-order valence-electron chi connectivity index (χ2n) is 10.5. The molecule has 0 bridgehead atoms. The third-order valence-electron chi connectivity index (χ3n) is 7.14. The van der Waals surface area contributed by atoms with Gasteiger partial charge in [-0.15, -0.1) is 10.2 Å². The molecule has 1 saturated heterocycles. The maximum Gasteiger partial charge on any atom is 0.224 e. The lowest BCUT2D eigenvalue weighted by atomic mass is 10.1. The first-order chi connectivity index (χ1) is 18.3. The molecule has 1 aliphatic heterocycles. The molecule has 2 aromatic heterocycles. The van der Waals surface area contributed by atoms with Gasteiger partial charge in [-0.3, -0.25) is 19.1 Å². The molecule has 3 heterocycles. The van der Waals surface area contributed by atoms with Gasteiger partial charge < -0.3 is 15.5 Å². The fourth-order valence-electron chi connectivity index (χ4n) is 5.23. The number of benzene rings is 1. The molecule has 0 saturated carbocycles. The highest BCUT2D eigenvalue weighted by Crippen LogP contribution is 2.24. The summed E-state index contributed by atoms with van der Waals surface area (Å²) in [5.41, 5.74) is 1.95. The number of aromatic nitrogens is 3. The summed E-state index contributed by atoms with van der Waals surface area (Å²) in [7, 11) is 0. The molecule has 1 aliphatic rings. The van der Waals surface area contributed by atoms with Gasteiger partial charge in [-0.05, 0) is 64.3 Å². The molecule has 2 N–H and O–H groups in total. The van der Waals surface area contributed by atoms with Gasteiger partial charge in [0.1, 0.15) is 5.82 Å². The number of likely N-dealkylation sites (tertiary alicyclic amines) is 1. The maximum absolute atomic E-state index is 12.8. The number of carbonyl (C=O) groups excluding carboxylic acids is 2. The van der Waals surface area contributed by atoms with E-state index in [9.17, 15) is 9.59 Å². The van der Waals surface area contributed by atoms with Crippen molar-refractivity contribution in [2.24, 2.45) is 0 Å². The molecule has 0 aliphatic carbocycles. The zero-order valence-corrected chi connectivity index (χ0v) is 23.1. The Bertz CT molecular complexity index is 1210. The normalized spacial score (nSPS) is 13.9. The van der Waals surface area contributed by atoms with Gasteiger partial charge in [0, 0.05) is 62.8 Å². The Hall–Kier alpha value is -3.46. The largest absolute Gasteiger partial charge is 0.369 e. The molecular weight excluding hydrogens is 478 g/mol. The third-order valence-corrected chi connectivity index (χ3v) is 7.14. The van der Waals surface area contributed by atoms with Gasteiger partial charge in [-0.25, -0.2) is 0 Å². The number of anilines is 1. The van der Waals surface area contributed by atoms with Crippen molar-refractivity contribution < 1.29 is 9.59 Å². The molecule has 1 aromatic carbocycles. The highest BCUT2D eigenvalue weighted by Gasteiger charge is 2.19. The maximum atomic E-state index is 12.8. The van der Waals surface area contributed by atoms with E-state index < -0.39 is 0 Å². The van der Waals surface area contributed by atoms with Gasteiger partial charge >= 0.3 is 0 Å². The fraction of sp³-hybridized carbons (Fsp3) is 0.517. The van der Waals surface area contributed by atoms with Crippen LogP contribution in [0.25, 0.3) is 16.7 Å². The lowest BCUT2D eigenvalue weighted by Crippen LogP contribution is -2.42. The molecule has 9 heteroatoms. The summed E-state index contributed by atoms with van der Waals surface area (Å²) in [4.78, 5) is 28.8. The number of hydrogen-bond donors (Lipinski definition) is 2. The minimum absolute atomic E-state index is 0.0154. The summed E-state index contributed by atoms with van der Waals surface area (Å²) in [6, 6.07) is 12.8. The average Bonchev–Trinajstić information content (AvgIpc) is 3.47. The first-order valence-electron chi connectivity index (χ1n) is 13.8. The molecule has 0 unspecified atom stereocenters. The molecule has 1 fully saturated rings. The molecule has 4 rings (SSSR count). The van der Waals surface area contributed by atoms with Crippen molar-refractivity contribution in [1.82, 2.24) is 29.9 Å². The van der Waals surface area contributed by atoms with Crippen LogP contribution >= 0.6 is 0 Å². The number of nitrogens with one attached hydrogen (secondary N) is 2. The van der Waals surface area contributed by atoms with Crippen LogP contribution in [0, 0.1) is 0 Å². The first kappa shape index (κ1) is 27.6. The van der Waals surface area contributed by atoms with Crippen molar-refractivity contribution in [1.29, 1.82) is 0 Å². The van der Waals surface area contributed by atoms with Crippen LogP contribution < -0.4 is 10.6 Å². The highest BCUT2D eigenvalue weighted by atomic mass is 16.2. The third kappa shape index (κ3) is 6.89. The number of para-hydroxylation sites is 1. The minimum Gasteiger partial charge on any atom is -0.369 e. The smallest absolute Gasteiger partial charge is 0.224 e. The molecule has 9 nitrogen and oxygen atoms in total. The second-order valence-corrected chi connectivity index (χ2v) is 10.5. The number of fused-ring (bicyclic) bond motifs is 1. The SMILES string of the molecule is CC(C)N(CCNC(=O)Cc1cn(-c2ccc(NCCCN3CCCC3=O)nn2)c2ccccc12)C(C)C. The summed E-state index contributed by atoms with van der Waals surface area (Å²) >= 11 is 0. The molecule has 0 atom stereocenters. The molecule has 0 radical (unpaired) electrons. The minimum atomic E-state index is 0.0154. The number of carbonyl (C=O) groups is 2. The lowest BCUT2D eigenvalue weighted by molar-refractivity contribution is -0.127. The van der Waals surface area contributed by atoms with Gasteiger partial charge in [0.15, 0.2) is 5.82 Å². The van der Waals surface area contributed by atoms with Crippen LogP contribution in [0.1, 0.15) is 52.5 Å². The van der Waals surface area contributed by atoms with Gasteiger partial charge in [0.05, 0.1) is 11.9 Å². The van der Waals surface area contributed by atoms with E-state index in [0.29, 0.717) is 43.1 Å².